The van der Waals surface area contributed by atoms with Crippen molar-refractivity contribution < 1.29 is 10.0 Å². The van der Waals surface area contributed by atoms with Crippen molar-refractivity contribution in [3.63, 3.8) is 0 Å². The van der Waals surface area contributed by atoms with E-state index in [4.69, 9.17) is 5.84 Å². The Kier molecular flexibility index (Phi) is 4.24. The van der Waals surface area contributed by atoms with Crippen molar-refractivity contribution in [1.82, 2.24) is 0 Å². The average molecular weight is 240 g/mol. The largest absolute Gasteiger partial charge is 0.392 e. The predicted octanol–water partition coefficient (Wildman–Crippen LogP) is 0.697. The molecule has 4 N–H and O–H groups in total. The lowest BCUT2D eigenvalue weighted by Gasteiger charge is -2.21. The molecule has 0 amide bonds. The molecule has 7 heteroatoms. The highest BCUT2D eigenvalue weighted by Crippen LogP contribution is 2.25. The molecule has 0 saturated carbocycles. The topological polar surface area (TPSA) is 105 Å². The molecule has 0 aliphatic heterocycles. The van der Waals surface area contributed by atoms with Gasteiger partial charge in [0.15, 0.2) is 0 Å². The van der Waals surface area contributed by atoms with Crippen LogP contribution >= 0.6 is 0 Å². The van der Waals surface area contributed by atoms with Crippen LogP contribution in [0.1, 0.15) is 6.92 Å². The minimum Gasteiger partial charge on any atom is -0.392 e. The first-order valence-electron chi connectivity index (χ1n) is 5.09. The summed E-state index contributed by atoms with van der Waals surface area (Å²) in [5.41, 5.74) is 3.40. The van der Waals surface area contributed by atoms with Crippen LogP contribution < -0.4 is 16.2 Å². The summed E-state index contributed by atoms with van der Waals surface area (Å²) in [6.45, 7) is 2.03. The molecule has 0 aliphatic carbocycles. The first kappa shape index (κ1) is 13.2. The number of hydrazine groups is 1. The van der Waals surface area contributed by atoms with E-state index in [1.54, 1.807) is 24.9 Å². The van der Waals surface area contributed by atoms with Crippen molar-refractivity contribution in [2.75, 3.05) is 23.9 Å². The fourth-order valence-corrected chi connectivity index (χ4v) is 1.51. The number of nitrogen functional groups attached to an aromatic ring is 1. The van der Waals surface area contributed by atoms with E-state index in [-0.39, 0.29) is 5.69 Å². The number of hydrogen-bond acceptors (Lipinski definition) is 6. The van der Waals surface area contributed by atoms with E-state index in [1.807, 2.05) is 0 Å². The van der Waals surface area contributed by atoms with Crippen LogP contribution in [0.3, 0.4) is 0 Å². The maximum Gasteiger partial charge on any atom is 0.273 e. The second-order valence-electron chi connectivity index (χ2n) is 3.87. The quantitative estimate of drug-likeness (QED) is 0.397. The van der Waals surface area contributed by atoms with Crippen LogP contribution in [0.25, 0.3) is 0 Å². The van der Waals surface area contributed by atoms with Gasteiger partial charge in [-0.15, -0.1) is 0 Å². The third-order valence-corrected chi connectivity index (χ3v) is 2.26. The summed E-state index contributed by atoms with van der Waals surface area (Å²) in [5.74, 6) is 5.25. The number of likely N-dealkylation sites (N-methyl/N-ethyl adjacent to an activating group) is 1. The van der Waals surface area contributed by atoms with E-state index in [0.717, 1.165) is 0 Å². The summed E-state index contributed by atoms with van der Waals surface area (Å²) in [6, 6.07) is 4.46. The van der Waals surface area contributed by atoms with Crippen molar-refractivity contribution in [3.05, 3.63) is 28.3 Å². The summed E-state index contributed by atoms with van der Waals surface area (Å²) >= 11 is 0. The fraction of sp³-hybridized carbons (Fsp3) is 0.400. The first-order chi connectivity index (χ1) is 7.93. The number of non-ortho nitro benzene ring substituents is 1. The zero-order valence-electron chi connectivity index (χ0n) is 9.75. The zero-order chi connectivity index (χ0) is 13.0. The molecule has 1 atom stereocenters. The summed E-state index contributed by atoms with van der Waals surface area (Å²) in [4.78, 5) is 12.0. The van der Waals surface area contributed by atoms with E-state index in [9.17, 15) is 15.2 Å². The van der Waals surface area contributed by atoms with Gasteiger partial charge in [0.2, 0.25) is 0 Å². The normalized spacial score (nSPS) is 12.0. The van der Waals surface area contributed by atoms with E-state index < -0.39 is 11.0 Å². The molecule has 7 nitrogen and oxygen atoms in total. The molecule has 1 unspecified atom stereocenters. The SMILES string of the molecule is CC(O)CN(C)c1cc(NN)cc([N+](=O)[O-])c1. The summed E-state index contributed by atoms with van der Waals surface area (Å²) in [7, 11) is 1.74. The predicted molar refractivity (Wildman–Crippen MR) is 65.9 cm³/mol. The number of nitrogens with two attached hydrogens (primary N) is 1. The molecule has 1 rings (SSSR count). The van der Waals surface area contributed by atoms with Gasteiger partial charge in [-0.2, -0.15) is 0 Å². The molecule has 0 bridgehead atoms. The molecule has 0 radical (unpaired) electrons. The molecule has 1 aromatic carbocycles. The molecule has 0 heterocycles. The van der Waals surface area contributed by atoms with Crippen molar-refractivity contribution in [1.29, 1.82) is 0 Å². The number of benzene rings is 1. The number of nitrogens with one attached hydrogen (secondary N) is 1. The number of aliphatic hydroxyl groups excluding tert-OH is 1. The van der Waals surface area contributed by atoms with Gasteiger partial charge in [-0.3, -0.25) is 16.0 Å². The lowest BCUT2D eigenvalue weighted by atomic mass is 10.2. The molecule has 0 saturated heterocycles. The molecular weight excluding hydrogens is 224 g/mol. The van der Waals surface area contributed by atoms with Gasteiger partial charge in [0.05, 0.1) is 16.7 Å². The number of hydrogen-bond donors (Lipinski definition) is 3. The highest BCUT2D eigenvalue weighted by Gasteiger charge is 2.12. The Morgan fingerprint density at radius 1 is 1.59 bits per heavy atom. The number of anilines is 2. The number of nitro groups is 1. The smallest absolute Gasteiger partial charge is 0.273 e. The van der Waals surface area contributed by atoms with Crippen LogP contribution in [-0.2, 0) is 0 Å². The molecule has 1 aromatic rings. The van der Waals surface area contributed by atoms with Gasteiger partial charge >= 0.3 is 0 Å². The summed E-state index contributed by atoms with van der Waals surface area (Å²) in [5, 5.41) is 20.0. The second-order valence-corrected chi connectivity index (χ2v) is 3.87. The number of rotatable bonds is 5. The summed E-state index contributed by atoms with van der Waals surface area (Å²) in [6.07, 6.45) is -0.520. The van der Waals surface area contributed by atoms with E-state index in [1.165, 1.54) is 12.1 Å². The highest BCUT2D eigenvalue weighted by atomic mass is 16.6. The monoisotopic (exact) mass is 240 g/mol. The Balaban J connectivity index is 3.06. The van der Waals surface area contributed by atoms with Crippen LogP contribution in [-0.4, -0.2) is 29.7 Å². The average Bonchev–Trinajstić information content (AvgIpc) is 2.27. The standard InChI is InChI=1S/C10H16N4O3/c1-7(15)6-13(2)9-3-8(12-11)4-10(5-9)14(16)17/h3-5,7,12,15H,6,11H2,1-2H3. The third-order valence-electron chi connectivity index (χ3n) is 2.26. The van der Waals surface area contributed by atoms with Crippen molar-refractivity contribution in [2.45, 2.75) is 13.0 Å². The van der Waals surface area contributed by atoms with Crippen LogP contribution in [0.4, 0.5) is 17.1 Å². The first-order valence-corrected chi connectivity index (χ1v) is 5.09. The lowest BCUT2D eigenvalue weighted by Crippen LogP contribution is -2.27. The maximum absolute atomic E-state index is 10.7. The van der Waals surface area contributed by atoms with E-state index in [0.29, 0.717) is 17.9 Å². The number of nitrogens with zero attached hydrogens (tertiary/aromatic N) is 2. The van der Waals surface area contributed by atoms with Gasteiger partial charge in [-0.05, 0) is 13.0 Å². The Bertz CT molecular complexity index is 409. The molecule has 0 spiro atoms. The highest BCUT2D eigenvalue weighted by molar-refractivity contribution is 5.63. The molecular formula is C10H16N4O3. The van der Waals surface area contributed by atoms with Gasteiger partial charge in [0, 0.05) is 31.4 Å². The van der Waals surface area contributed by atoms with E-state index >= 15 is 0 Å². The van der Waals surface area contributed by atoms with Crippen LogP contribution in [0.5, 0.6) is 0 Å². The van der Waals surface area contributed by atoms with Gasteiger partial charge in [0.1, 0.15) is 0 Å². The molecule has 0 aliphatic rings. The fourth-order valence-electron chi connectivity index (χ4n) is 1.51. The molecule has 17 heavy (non-hydrogen) atoms. The molecule has 0 aromatic heterocycles. The van der Waals surface area contributed by atoms with Crippen LogP contribution in [0.15, 0.2) is 18.2 Å². The van der Waals surface area contributed by atoms with Crippen LogP contribution in [0, 0.1) is 10.1 Å². The van der Waals surface area contributed by atoms with Gasteiger partial charge in [-0.25, -0.2) is 0 Å². The Hall–Kier alpha value is -1.86. The van der Waals surface area contributed by atoms with Crippen molar-refractivity contribution >= 4 is 17.1 Å². The molecule has 94 valence electrons. The summed E-state index contributed by atoms with van der Waals surface area (Å²) < 4.78 is 0. The third kappa shape index (κ3) is 3.58. The number of aliphatic hydroxyl groups is 1. The van der Waals surface area contributed by atoms with Gasteiger partial charge in [0.25, 0.3) is 5.69 Å². The molecule has 0 fully saturated rings. The minimum absolute atomic E-state index is 0.0482. The van der Waals surface area contributed by atoms with Gasteiger partial charge in [-0.1, -0.05) is 0 Å². The Labute approximate surface area is 99.0 Å². The Morgan fingerprint density at radius 2 is 2.24 bits per heavy atom. The Morgan fingerprint density at radius 3 is 2.71 bits per heavy atom. The van der Waals surface area contributed by atoms with Gasteiger partial charge < -0.3 is 15.4 Å². The number of nitro benzene ring substituents is 1. The van der Waals surface area contributed by atoms with Crippen molar-refractivity contribution in [3.8, 4) is 0 Å². The lowest BCUT2D eigenvalue weighted by molar-refractivity contribution is -0.384. The zero-order valence-corrected chi connectivity index (χ0v) is 9.75. The van der Waals surface area contributed by atoms with Crippen LogP contribution in [0.2, 0.25) is 0 Å². The second kappa shape index (κ2) is 5.46. The maximum atomic E-state index is 10.7. The van der Waals surface area contributed by atoms with E-state index in [2.05, 4.69) is 5.43 Å². The van der Waals surface area contributed by atoms with Crippen molar-refractivity contribution in [2.24, 2.45) is 5.84 Å². The minimum atomic E-state index is -0.520.